The van der Waals surface area contributed by atoms with Crippen molar-refractivity contribution in [1.29, 1.82) is 0 Å². The molecule has 0 bridgehead atoms. The molecule has 1 aromatic heterocycles. The van der Waals surface area contributed by atoms with Crippen LogP contribution in [0, 0.1) is 6.92 Å². The smallest absolute Gasteiger partial charge is 0.240 e. The van der Waals surface area contributed by atoms with Gasteiger partial charge in [0, 0.05) is 17.0 Å². The van der Waals surface area contributed by atoms with E-state index < -0.39 is 10.0 Å². The highest BCUT2D eigenvalue weighted by atomic mass is 32.2. The molecule has 0 saturated carbocycles. The predicted molar refractivity (Wildman–Crippen MR) is 90.3 cm³/mol. The van der Waals surface area contributed by atoms with E-state index >= 15 is 0 Å². The average molecular weight is 340 g/mol. The number of aryl methyl sites for hydroxylation is 1. The number of nitrogens with two attached hydrogens (primary N) is 1. The van der Waals surface area contributed by atoms with Crippen LogP contribution in [-0.4, -0.2) is 20.0 Å². The molecular weight excluding hydrogens is 324 g/mol. The first kappa shape index (κ1) is 16.1. The molecule has 0 saturated heterocycles. The zero-order valence-corrected chi connectivity index (χ0v) is 13.9. The van der Waals surface area contributed by atoms with Gasteiger partial charge in [0.15, 0.2) is 0 Å². The molecule has 0 aliphatic rings. The molecule has 0 aliphatic heterocycles. The number of thiocarbonyl (C=S) groups is 1. The van der Waals surface area contributed by atoms with E-state index in [2.05, 4.69) is 4.72 Å². The van der Waals surface area contributed by atoms with Crippen LogP contribution in [0.15, 0.2) is 40.6 Å². The Kier molecular flexibility index (Phi) is 5.10. The van der Waals surface area contributed by atoms with E-state index in [1.807, 2.05) is 17.5 Å². The lowest BCUT2D eigenvalue weighted by atomic mass is 10.1. The van der Waals surface area contributed by atoms with Crippen molar-refractivity contribution < 1.29 is 8.42 Å². The standard InChI is InChI=1S/C14H16N2O2S3/c1-10-4-5-11(14(15)19)9-13(10)21(17,18)16-7-6-12-3-2-8-20-12/h2-5,8-9,16H,6-7H2,1H3,(H2,15,19). The van der Waals surface area contributed by atoms with Gasteiger partial charge in [0.25, 0.3) is 0 Å². The lowest BCUT2D eigenvalue weighted by Crippen LogP contribution is -2.27. The summed E-state index contributed by atoms with van der Waals surface area (Å²) in [4.78, 5) is 1.55. The van der Waals surface area contributed by atoms with Crippen LogP contribution in [-0.2, 0) is 16.4 Å². The van der Waals surface area contributed by atoms with Gasteiger partial charge in [-0.1, -0.05) is 30.4 Å². The second-order valence-electron chi connectivity index (χ2n) is 4.57. The van der Waals surface area contributed by atoms with Gasteiger partial charge in [-0.15, -0.1) is 11.3 Å². The molecule has 0 radical (unpaired) electrons. The topological polar surface area (TPSA) is 72.2 Å². The molecule has 3 N–H and O–H groups in total. The zero-order valence-electron chi connectivity index (χ0n) is 11.5. The Morgan fingerprint density at radius 2 is 2.14 bits per heavy atom. The minimum Gasteiger partial charge on any atom is -0.389 e. The summed E-state index contributed by atoms with van der Waals surface area (Å²) < 4.78 is 27.3. The third-order valence-corrected chi connectivity index (χ3v) is 5.78. The van der Waals surface area contributed by atoms with Crippen LogP contribution in [0.4, 0.5) is 0 Å². The van der Waals surface area contributed by atoms with Gasteiger partial charge in [-0.2, -0.15) is 0 Å². The van der Waals surface area contributed by atoms with E-state index in [1.165, 1.54) is 6.07 Å². The van der Waals surface area contributed by atoms with Gasteiger partial charge in [0.2, 0.25) is 10.0 Å². The molecule has 0 aliphatic carbocycles. The first-order valence-electron chi connectivity index (χ1n) is 6.32. The van der Waals surface area contributed by atoms with Gasteiger partial charge in [0.05, 0.1) is 4.90 Å². The number of rotatable bonds is 6. The SMILES string of the molecule is Cc1ccc(C(N)=S)cc1S(=O)(=O)NCCc1cccs1. The highest BCUT2D eigenvalue weighted by molar-refractivity contribution is 7.89. The minimum atomic E-state index is -3.56. The molecule has 2 rings (SSSR count). The maximum Gasteiger partial charge on any atom is 0.240 e. The molecular formula is C14H16N2O2S3. The maximum atomic E-state index is 12.4. The Bertz CT molecular complexity index is 738. The van der Waals surface area contributed by atoms with Crippen LogP contribution in [0.25, 0.3) is 0 Å². The molecule has 7 heteroatoms. The zero-order chi connectivity index (χ0) is 15.5. The molecule has 4 nitrogen and oxygen atoms in total. The number of hydrogen-bond acceptors (Lipinski definition) is 4. The molecule has 2 aromatic rings. The van der Waals surface area contributed by atoms with Crippen LogP contribution >= 0.6 is 23.6 Å². The first-order chi connectivity index (χ1) is 9.90. The van der Waals surface area contributed by atoms with Gasteiger partial charge < -0.3 is 5.73 Å². The second-order valence-corrected chi connectivity index (χ2v) is 7.78. The van der Waals surface area contributed by atoms with Crippen molar-refractivity contribution in [3.63, 3.8) is 0 Å². The van der Waals surface area contributed by atoms with Gasteiger partial charge in [0.1, 0.15) is 4.99 Å². The number of hydrogen-bond donors (Lipinski definition) is 2. The molecule has 1 aromatic carbocycles. The van der Waals surface area contributed by atoms with E-state index in [4.69, 9.17) is 18.0 Å². The minimum absolute atomic E-state index is 0.185. The van der Waals surface area contributed by atoms with E-state index in [1.54, 1.807) is 30.4 Å². The Morgan fingerprint density at radius 1 is 1.38 bits per heavy atom. The fourth-order valence-corrected chi connectivity index (χ4v) is 4.02. The number of sulfonamides is 1. The number of thiophene rings is 1. The summed E-state index contributed by atoms with van der Waals surface area (Å²) in [6, 6.07) is 8.89. The third-order valence-electron chi connectivity index (χ3n) is 3.01. The maximum absolute atomic E-state index is 12.4. The van der Waals surface area contributed by atoms with Gasteiger partial charge >= 0.3 is 0 Å². The van der Waals surface area contributed by atoms with Crippen LogP contribution in [0.5, 0.6) is 0 Å². The van der Waals surface area contributed by atoms with Crippen LogP contribution in [0.2, 0.25) is 0 Å². The molecule has 0 atom stereocenters. The fraction of sp³-hybridized carbons (Fsp3) is 0.214. The highest BCUT2D eigenvalue weighted by Gasteiger charge is 2.17. The van der Waals surface area contributed by atoms with E-state index in [9.17, 15) is 8.42 Å². The summed E-state index contributed by atoms with van der Waals surface area (Å²) in [5.41, 5.74) is 6.77. The van der Waals surface area contributed by atoms with E-state index in [0.717, 1.165) is 4.88 Å². The van der Waals surface area contributed by atoms with Crippen molar-refractivity contribution in [2.75, 3.05) is 6.54 Å². The monoisotopic (exact) mass is 340 g/mol. The molecule has 0 unspecified atom stereocenters. The summed E-state index contributed by atoms with van der Waals surface area (Å²) >= 11 is 6.50. The fourth-order valence-electron chi connectivity index (χ4n) is 1.88. The molecule has 0 fully saturated rings. The summed E-state index contributed by atoms with van der Waals surface area (Å²) in [5, 5.41) is 1.97. The van der Waals surface area contributed by atoms with Crippen molar-refractivity contribution in [1.82, 2.24) is 4.72 Å². The van der Waals surface area contributed by atoms with Gasteiger partial charge in [-0.3, -0.25) is 0 Å². The van der Waals surface area contributed by atoms with Crippen LogP contribution < -0.4 is 10.5 Å². The van der Waals surface area contributed by atoms with Gasteiger partial charge in [-0.25, -0.2) is 13.1 Å². The molecule has 0 spiro atoms. The van der Waals surface area contributed by atoms with Crippen molar-refractivity contribution in [3.05, 3.63) is 51.7 Å². The highest BCUT2D eigenvalue weighted by Crippen LogP contribution is 2.17. The Balaban J connectivity index is 2.15. The normalized spacial score (nSPS) is 11.5. The molecule has 1 heterocycles. The Labute approximate surface area is 134 Å². The Morgan fingerprint density at radius 3 is 2.76 bits per heavy atom. The van der Waals surface area contributed by atoms with Crippen LogP contribution in [0.1, 0.15) is 16.0 Å². The molecule has 21 heavy (non-hydrogen) atoms. The van der Waals surface area contributed by atoms with Gasteiger partial charge in [-0.05, 0) is 36.4 Å². The summed E-state index contributed by atoms with van der Waals surface area (Å²) in [6.45, 7) is 2.11. The number of nitrogens with one attached hydrogen (secondary N) is 1. The van der Waals surface area contributed by atoms with Crippen molar-refractivity contribution in [3.8, 4) is 0 Å². The van der Waals surface area contributed by atoms with Crippen molar-refractivity contribution >= 4 is 38.6 Å². The first-order valence-corrected chi connectivity index (χ1v) is 9.10. The quantitative estimate of drug-likeness (QED) is 0.791. The summed E-state index contributed by atoms with van der Waals surface area (Å²) in [7, 11) is -3.56. The third kappa shape index (κ3) is 4.10. The molecule has 0 amide bonds. The average Bonchev–Trinajstić information content (AvgIpc) is 2.91. The van der Waals surface area contributed by atoms with Crippen molar-refractivity contribution in [2.45, 2.75) is 18.2 Å². The lowest BCUT2D eigenvalue weighted by molar-refractivity contribution is 0.581. The largest absolute Gasteiger partial charge is 0.389 e. The Hall–Kier alpha value is -1.28. The van der Waals surface area contributed by atoms with Crippen LogP contribution in [0.3, 0.4) is 0 Å². The lowest BCUT2D eigenvalue weighted by Gasteiger charge is -2.10. The van der Waals surface area contributed by atoms with E-state index in [-0.39, 0.29) is 9.88 Å². The van der Waals surface area contributed by atoms with E-state index in [0.29, 0.717) is 24.1 Å². The second kappa shape index (κ2) is 6.65. The van der Waals surface area contributed by atoms with Crippen molar-refractivity contribution in [2.24, 2.45) is 5.73 Å². The predicted octanol–water partition coefficient (Wildman–Crippen LogP) is 2.21. The summed E-state index contributed by atoms with van der Waals surface area (Å²) in [5.74, 6) is 0. The summed E-state index contributed by atoms with van der Waals surface area (Å²) in [6.07, 6.45) is 0.672. The molecule has 112 valence electrons. The number of benzene rings is 1.